The molecule has 0 aliphatic carbocycles. The number of Topliss-reactive ketones (excluding diaryl/α,β-unsaturated/α-hetero) is 1. The van der Waals surface area contributed by atoms with Crippen molar-refractivity contribution in [3.63, 3.8) is 0 Å². The molecule has 3 nitrogen and oxygen atoms in total. The molecule has 0 atom stereocenters. The van der Waals surface area contributed by atoms with Gasteiger partial charge in [0.2, 0.25) is 0 Å². The van der Waals surface area contributed by atoms with E-state index in [2.05, 4.69) is 4.98 Å². The van der Waals surface area contributed by atoms with Crippen molar-refractivity contribution in [2.75, 3.05) is 19.0 Å². The second-order valence-corrected chi connectivity index (χ2v) is 4.57. The van der Waals surface area contributed by atoms with E-state index in [9.17, 15) is 4.79 Å². The molecule has 0 radical (unpaired) electrons. The van der Waals surface area contributed by atoms with Gasteiger partial charge in [0.25, 0.3) is 0 Å². The minimum atomic E-state index is 0.134. The molecule has 1 rings (SSSR count). The van der Waals surface area contributed by atoms with E-state index in [4.69, 9.17) is 0 Å². The van der Waals surface area contributed by atoms with Crippen LogP contribution in [0, 0.1) is 0 Å². The Balaban J connectivity index is 2.90. The monoisotopic (exact) mass is 218 g/mol. The van der Waals surface area contributed by atoms with Crippen molar-refractivity contribution in [3.8, 4) is 0 Å². The molecule has 11 heavy (non-hydrogen) atoms. The van der Waals surface area contributed by atoms with Crippen molar-refractivity contribution in [1.29, 1.82) is 0 Å². The average Bonchev–Trinajstić information content (AvgIpc) is 2.33. The second-order valence-electron chi connectivity index (χ2n) is 2.46. The fourth-order valence-electron chi connectivity index (χ4n) is 0.634. The third-order valence-corrected chi connectivity index (χ3v) is 3.88. The SMILES string of the molecule is CC(=O)c1cnc(N(C)C)[se]1. The summed E-state index contributed by atoms with van der Waals surface area (Å²) in [5, 5.41) is 0. The summed E-state index contributed by atoms with van der Waals surface area (Å²) in [7, 11) is 3.88. The predicted octanol–water partition coefficient (Wildman–Crippen LogP) is 0.407. The molecule has 0 fully saturated rings. The van der Waals surface area contributed by atoms with Gasteiger partial charge < -0.3 is 0 Å². The van der Waals surface area contributed by atoms with Crippen molar-refractivity contribution in [2.45, 2.75) is 6.92 Å². The Bertz CT molecular complexity index is 267. The van der Waals surface area contributed by atoms with Gasteiger partial charge in [-0.3, -0.25) is 0 Å². The minimum absolute atomic E-state index is 0.134. The summed E-state index contributed by atoms with van der Waals surface area (Å²) >= 11 is 0.134. The van der Waals surface area contributed by atoms with Crippen LogP contribution in [-0.2, 0) is 0 Å². The molecule has 0 aliphatic rings. The molecule has 0 aliphatic heterocycles. The number of anilines is 1. The number of rotatable bonds is 2. The van der Waals surface area contributed by atoms with Crippen molar-refractivity contribution in [3.05, 3.63) is 10.6 Å². The first-order valence-electron chi connectivity index (χ1n) is 3.25. The zero-order valence-corrected chi connectivity index (χ0v) is 8.50. The molecule has 0 unspecified atom stereocenters. The molecule has 1 heterocycles. The van der Waals surface area contributed by atoms with Crippen LogP contribution >= 0.6 is 0 Å². The van der Waals surface area contributed by atoms with Gasteiger partial charge in [0.05, 0.1) is 0 Å². The third kappa shape index (κ3) is 1.91. The van der Waals surface area contributed by atoms with Crippen LogP contribution < -0.4 is 4.90 Å². The molecule has 0 saturated carbocycles. The van der Waals surface area contributed by atoms with Gasteiger partial charge in [-0.1, -0.05) is 0 Å². The molecule has 0 spiro atoms. The Morgan fingerprint density at radius 3 is 2.55 bits per heavy atom. The summed E-state index contributed by atoms with van der Waals surface area (Å²) in [6.07, 6.45) is 1.68. The molecule has 0 aromatic carbocycles. The van der Waals surface area contributed by atoms with E-state index in [1.807, 2.05) is 19.0 Å². The van der Waals surface area contributed by atoms with Gasteiger partial charge in [0, 0.05) is 0 Å². The third-order valence-electron chi connectivity index (χ3n) is 1.22. The topological polar surface area (TPSA) is 33.2 Å². The summed E-state index contributed by atoms with van der Waals surface area (Å²) in [5.74, 6) is 0.144. The molecule has 1 aromatic heterocycles. The number of hydrogen-bond donors (Lipinski definition) is 0. The van der Waals surface area contributed by atoms with Gasteiger partial charge in [0.1, 0.15) is 0 Å². The van der Waals surface area contributed by atoms with Crippen LogP contribution in [0.25, 0.3) is 0 Å². The van der Waals surface area contributed by atoms with Gasteiger partial charge in [-0.15, -0.1) is 0 Å². The maximum atomic E-state index is 10.9. The number of carbonyl (C=O) groups is 1. The molecule has 0 bridgehead atoms. The van der Waals surface area contributed by atoms with Crippen LogP contribution in [0.15, 0.2) is 6.20 Å². The fraction of sp³-hybridized carbons (Fsp3) is 0.429. The van der Waals surface area contributed by atoms with E-state index in [1.165, 1.54) is 0 Å². The quantitative estimate of drug-likeness (QED) is 0.531. The Labute approximate surface area is 71.8 Å². The summed E-state index contributed by atoms with van der Waals surface area (Å²) in [6, 6.07) is 0. The molecule has 4 heteroatoms. The van der Waals surface area contributed by atoms with Crippen LogP contribution in [0.5, 0.6) is 0 Å². The summed E-state index contributed by atoms with van der Waals surface area (Å²) < 4.78 is 1.88. The maximum absolute atomic E-state index is 10.9. The Morgan fingerprint density at radius 2 is 2.27 bits per heavy atom. The average molecular weight is 217 g/mol. The summed E-state index contributed by atoms with van der Waals surface area (Å²) in [5.41, 5.74) is 0. The van der Waals surface area contributed by atoms with Gasteiger partial charge >= 0.3 is 71.3 Å². The molecule has 60 valence electrons. The molecular weight excluding hydrogens is 207 g/mol. The first-order valence-corrected chi connectivity index (χ1v) is 4.96. The van der Waals surface area contributed by atoms with Crippen LogP contribution in [0.3, 0.4) is 0 Å². The van der Waals surface area contributed by atoms with Crippen molar-refractivity contribution >= 4 is 25.0 Å². The molecule has 0 N–H and O–H groups in total. The first kappa shape index (κ1) is 8.50. The van der Waals surface area contributed by atoms with Crippen LogP contribution in [0.2, 0.25) is 0 Å². The second kappa shape index (κ2) is 3.20. The van der Waals surface area contributed by atoms with E-state index >= 15 is 0 Å². The van der Waals surface area contributed by atoms with Crippen LogP contribution in [0.1, 0.15) is 16.2 Å². The summed E-state index contributed by atoms with van der Waals surface area (Å²) in [4.78, 5) is 16.9. The number of carbonyl (C=O) groups excluding carboxylic acids is 1. The van der Waals surface area contributed by atoms with Gasteiger partial charge in [-0.05, 0) is 0 Å². The standard InChI is InChI=1S/C7H10N2OSe/c1-5(10)6-4-8-7(11-6)9(2)3/h4H,1-3H3. The van der Waals surface area contributed by atoms with E-state index in [0.29, 0.717) is 0 Å². The number of nitrogens with zero attached hydrogens (tertiary/aromatic N) is 2. The Hall–Kier alpha value is -0.601. The zero-order valence-electron chi connectivity index (χ0n) is 6.79. The normalized spacial score (nSPS) is 9.73. The first-order chi connectivity index (χ1) is 5.11. The van der Waals surface area contributed by atoms with E-state index < -0.39 is 0 Å². The van der Waals surface area contributed by atoms with E-state index in [-0.39, 0.29) is 20.3 Å². The van der Waals surface area contributed by atoms with E-state index in [0.717, 1.165) is 9.13 Å². The number of hydrogen-bond acceptors (Lipinski definition) is 3. The van der Waals surface area contributed by atoms with Crippen LogP contribution in [0.4, 0.5) is 4.69 Å². The molecular formula is C7H10N2OSe. The van der Waals surface area contributed by atoms with Crippen molar-refractivity contribution in [2.24, 2.45) is 0 Å². The Morgan fingerprint density at radius 1 is 1.64 bits per heavy atom. The Kier molecular flexibility index (Phi) is 2.47. The molecule has 1 aromatic rings. The summed E-state index contributed by atoms with van der Waals surface area (Å²) in [6.45, 7) is 1.59. The van der Waals surface area contributed by atoms with Crippen molar-refractivity contribution in [1.82, 2.24) is 4.98 Å². The fourth-order valence-corrected chi connectivity index (χ4v) is 2.17. The number of ketones is 1. The number of aromatic nitrogens is 1. The molecule has 0 saturated heterocycles. The van der Waals surface area contributed by atoms with E-state index in [1.54, 1.807) is 13.1 Å². The van der Waals surface area contributed by atoms with Gasteiger partial charge in [-0.2, -0.15) is 0 Å². The van der Waals surface area contributed by atoms with Gasteiger partial charge in [0.15, 0.2) is 0 Å². The van der Waals surface area contributed by atoms with Crippen molar-refractivity contribution < 1.29 is 4.79 Å². The molecule has 0 amide bonds. The van der Waals surface area contributed by atoms with Gasteiger partial charge in [-0.25, -0.2) is 0 Å². The van der Waals surface area contributed by atoms with Crippen LogP contribution in [-0.4, -0.2) is 39.4 Å². The predicted molar refractivity (Wildman–Crippen MR) is 45.5 cm³/mol. The zero-order chi connectivity index (χ0) is 8.43.